The van der Waals surface area contributed by atoms with Crippen LogP contribution in [0.4, 0.5) is 0 Å². The summed E-state index contributed by atoms with van der Waals surface area (Å²) in [6.45, 7) is 0. The van der Waals surface area contributed by atoms with Gasteiger partial charge in [0.15, 0.2) is 11.8 Å². The van der Waals surface area contributed by atoms with Crippen LogP contribution in [0.3, 0.4) is 0 Å². The highest BCUT2D eigenvalue weighted by atomic mass is 35.5. The van der Waals surface area contributed by atoms with Gasteiger partial charge in [-0.25, -0.2) is 0 Å². The van der Waals surface area contributed by atoms with Crippen molar-refractivity contribution in [3.05, 3.63) is 12.2 Å². The summed E-state index contributed by atoms with van der Waals surface area (Å²) in [7, 11) is 2.93. The highest BCUT2D eigenvalue weighted by Crippen LogP contribution is 1.91. The zero-order valence-corrected chi connectivity index (χ0v) is 8.61. The molecule has 5 heteroatoms. The van der Waals surface area contributed by atoms with Gasteiger partial charge in [-0.05, 0) is 0 Å². The second kappa shape index (κ2) is 9.06. The molecule has 0 heterocycles. The number of hydrogen-bond acceptors (Lipinski definition) is 4. The van der Waals surface area contributed by atoms with Crippen LogP contribution < -0.4 is 0 Å². The summed E-state index contributed by atoms with van der Waals surface area (Å²) in [4.78, 5) is 0. The molecule has 76 valence electrons. The minimum Gasteiger partial charge on any atom is -0.484 e. The Hall–Kier alpha value is -1.03. The molecule has 0 atom stereocenters. The monoisotopic (exact) mass is 206 g/mol. The van der Waals surface area contributed by atoms with Crippen LogP contribution in [0.5, 0.6) is 0 Å². The van der Waals surface area contributed by atoms with Gasteiger partial charge in [0, 0.05) is 12.8 Å². The first-order valence-electron chi connectivity index (χ1n) is 3.58. The minimum absolute atomic E-state index is 0. The Morgan fingerprint density at radius 3 is 1.54 bits per heavy atom. The lowest BCUT2D eigenvalue weighted by atomic mass is 10.3. The van der Waals surface area contributed by atoms with E-state index in [1.807, 2.05) is 0 Å². The molecule has 0 aromatic carbocycles. The number of ether oxygens (including phenoxy) is 2. The molecule has 0 radical (unpaired) electrons. The first-order valence-corrected chi connectivity index (χ1v) is 3.58. The fourth-order valence-electron chi connectivity index (χ4n) is 0.547. The molecule has 0 saturated carbocycles. The van der Waals surface area contributed by atoms with Crippen LogP contribution in [0.15, 0.2) is 12.2 Å². The van der Waals surface area contributed by atoms with E-state index in [0.29, 0.717) is 12.8 Å². The summed E-state index contributed by atoms with van der Waals surface area (Å²) in [6.07, 6.45) is 4.49. The van der Waals surface area contributed by atoms with E-state index in [2.05, 4.69) is 9.47 Å². The molecule has 0 unspecified atom stereocenters. The molecule has 0 aliphatic carbocycles. The van der Waals surface area contributed by atoms with Crippen molar-refractivity contribution >= 4 is 24.2 Å². The Morgan fingerprint density at radius 2 is 1.31 bits per heavy atom. The highest BCUT2D eigenvalue weighted by Gasteiger charge is 1.90. The molecule has 0 aliphatic rings. The van der Waals surface area contributed by atoms with Gasteiger partial charge in [-0.15, -0.1) is 12.4 Å². The quantitative estimate of drug-likeness (QED) is 0.420. The zero-order chi connectivity index (χ0) is 9.40. The summed E-state index contributed by atoms with van der Waals surface area (Å²) >= 11 is 0. The van der Waals surface area contributed by atoms with Crippen molar-refractivity contribution in [2.24, 2.45) is 0 Å². The van der Waals surface area contributed by atoms with Crippen molar-refractivity contribution in [2.75, 3.05) is 14.2 Å². The Kier molecular flexibility index (Phi) is 10.1. The molecule has 4 nitrogen and oxygen atoms in total. The maximum atomic E-state index is 7.11. The van der Waals surface area contributed by atoms with Gasteiger partial charge in [0.1, 0.15) is 0 Å². The third-order valence-corrected chi connectivity index (χ3v) is 1.27. The fraction of sp³-hybridized carbons (Fsp3) is 0.500. The summed E-state index contributed by atoms with van der Waals surface area (Å²) in [5.41, 5.74) is 0. The van der Waals surface area contributed by atoms with E-state index in [1.165, 1.54) is 14.2 Å². The third kappa shape index (κ3) is 8.88. The molecule has 0 rings (SSSR count). The molecule has 2 N–H and O–H groups in total. The van der Waals surface area contributed by atoms with E-state index in [1.54, 1.807) is 12.2 Å². The molecular weight excluding hydrogens is 192 g/mol. The van der Waals surface area contributed by atoms with Gasteiger partial charge in [-0.1, -0.05) is 12.2 Å². The van der Waals surface area contributed by atoms with Gasteiger partial charge in [-0.2, -0.15) is 0 Å². The molecule has 0 bridgehead atoms. The van der Waals surface area contributed by atoms with Crippen molar-refractivity contribution in [1.29, 1.82) is 10.8 Å². The first-order chi connectivity index (χ1) is 5.70. The SMILES string of the molecule is COC(=N)C/C=C/CC(=N)OC.Cl. The largest absolute Gasteiger partial charge is 0.484 e. The molecule has 0 aromatic heterocycles. The van der Waals surface area contributed by atoms with E-state index < -0.39 is 0 Å². The van der Waals surface area contributed by atoms with Crippen molar-refractivity contribution in [3.8, 4) is 0 Å². The van der Waals surface area contributed by atoms with Crippen molar-refractivity contribution in [3.63, 3.8) is 0 Å². The van der Waals surface area contributed by atoms with E-state index in [9.17, 15) is 0 Å². The molecule has 0 aromatic rings. The Labute approximate surface area is 84.4 Å². The average Bonchev–Trinajstić information content (AvgIpc) is 2.11. The van der Waals surface area contributed by atoms with Gasteiger partial charge in [0.05, 0.1) is 14.2 Å². The van der Waals surface area contributed by atoms with Gasteiger partial charge < -0.3 is 9.47 Å². The lowest BCUT2D eigenvalue weighted by Gasteiger charge is -1.97. The van der Waals surface area contributed by atoms with Crippen LogP contribution in [0.1, 0.15) is 12.8 Å². The number of methoxy groups -OCH3 is 2. The Bertz CT molecular complexity index is 173. The van der Waals surface area contributed by atoms with Crippen LogP contribution in [0, 0.1) is 10.8 Å². The first kappa shape index (κ1) is 14.5. The molecule has 0 fully saturated rings. The predicted octanol–water partition coefficient (Wildman–Crippen LogP) is 1.99. The predicted molar refractivity (Wildman–Crippen MR) is 55.1 cm³/mol. The number of rotatable bonds is 4. The zero-order valence-electron chi connectivity index (χ0n) is 7.79. The number of halogens is 1. The van der Waals surface area contributed by atoms with Crippen LogP contribution in [0.2, 0.25) is 0 Å². The fourth-order valence-corrected chi connectivity index (χ4v) is 0.547. The molecule has 0 aliphatic heterocycles. The lowest BCUT2D eigenvalue weighted by Crippen LogP contribution is -1.97. The summed E-state index contributed by atoms with van der Waals surface area (Å²) in [5, 5.41) is 14.2. The smallest absolute Gasteiger partial charge is 0.183 e. The number of hydrogen-bond donors (Lipinski definition) is 2. The maximum Gasteiger partial charge on any atom is 0.183 e. The van der Waals surface area contributed by atoms with E-state index in [-0.39, 0.29) is 24.2 Å². The van der Waals surface area contributed by atoms with Crippen LogP contribution in [-0.2, 0) is 9.47 Å². The van der Waals surface area contributed by atoms with E-state index >= 15 is 0 Å². The van der Waals surface area contributed by atoms with Gasteiger partial charge in [0.2, 0.25) is 0 Å². The highest BCUT2D eigenvalue weighted by molar-refractivity contribution is 5.85. The van der Waals surface area contributed by atoms with Crippen LogP contribution in [0.25, 0.3) is 0 Å². The molecule has 13 heavy (non-hydrogen) atoms. The van der Waals surface area contributed by atoms with Crippen molar-refractivity contribution in [1.82, 2.24) is 0 Å². The minimum atomic E-state index is 0. The second-order valence-electron chi connectivity index (χ2n) is 2.13. The maximum absolute atomic E-state index is 7.11. The Morgan fingerprint density at radius 1 is 1.00 bits per heavy atom. The second-order valence-corrected chi connectivity index (χ2v) is 2.13. The third-order valence-electron chi connectivity index (χ3n) is 1.27. The van der Waals surface area contributed by atoms with Gasteiger partial charge in [0.25, 0.3) is 0 Å². The lowest BCUT2D eigenvalue weighted by molar-refractivity contribution is 0.389. The molecule has 0 spiro atoms. The van der Waals surface area contributed by atoms with Crippen LogP contribution in [-0.4, -0.2) is 26.0 Å². The summed E-state index contributed by atoms with van der Waals surface area (Å²) in [6, 6.07) is 0. The molecule has 0 amide bonds. The summed E-state index contributed by atoms with van der Waals surface area (Å²) in [5.74, 6) is 0.436. The van der Waals surface area contributed by atoms with Gasteiger partial charge >= 0.3 is 0 Å². The van der Waals surface area contributed by atoms with E-state index in [0.717, 1.165) is 0 Å². The van der Waals surface area contributed by atoms with Gasteiger partial charge in [-0.3, -0.25) is 10.8 Å². The molecular formula is C8H15ClN2O2. The van der Waals surface area contributed by atoms with Crippen LogP contribution >= 0.6 is 12.4 Å². The van der Waals surface area contributed by atoms with E-state index in [4.69, 9.17) is 10.8 Å². The normalized spacial score (nSPS) is 9.08. The Balaban J connectivity index is 0. The van der Waals surface area contributed by atoms with Crippen molar-refractivity contribution in [2.45, 2.75) is 12.8 Å². The van der Waals surface area contributed by atoms with Crippen molar-refractivity contribution < 1.29 is 9.47 Å². The summed E-state index contributed by atoms with van der Waals surface area (Å²) < 4.78 is 9.26. The molecule has 0 saturated heterocycles. The topological polar surface area (TPSA) is 66.2 Å². The average molecular weight is 207 g/mol. The standard InChI is InChI=1S/C8H14N2O2.ClH/c1-11-7(9)5-3-4-6-8(10)12-2;/h3-4,9-10H,5-6H2,1-2H3;1H/b4-3+,9-7?,10-8?;. The number of nitrogens with one attached hydrogen (secondary N) is 2.